The van der Waals surface area contributed by atoms with Crippen LogP contribution < -0.4 is 0 Å². The van der Waals surface area contributed by atoms with Gasteiger partial charge in [0, 0.05) is 37.6 Å². The normalized spacial score (nSPS) is 16.3. The highest BCUT2D eigenvalue weighted by atomic mass is 16.3. The molecule has 8 nitrogen and oxygen atoms in total. The number of rotatable bonds is 4. The first-order chi connectivity index (χ1) is 13.1. The summed E-state index contributed by atoms with van der Waals surface area (Å²) in [6, 6.07) is 9.32. The zero-order valence-corrected chi connectivity index (χ0v) is 14.8. The van der Waals surface area contributed by atoms with Crippen LogP contribution in [-0.2, 0) is 6.42 Å². The highest BCUT2D eigenvalue weighted by molar-refractivity contribution is 5.92. The summed E-state index contributed by atoms with van der Waals surface area (Å²) in [4.78, 5) is 22.8. The van der Waals surface area contributed by atoms with Crippen LogP contribution in [0.5, 0.6) is 0 Å². The second-order valence-electron chi connectivity index (χ2n) is 6.77. The molecule has 27 heavy (non-hydrogen) atoms. The molecule has 0 atom stereocenters. The number of carbonyl (C=O) groups excluding carboxylic acids is 1. The lowest BCUT2D eigenvalue weighted by Gasteiger charge is -2.37. The molecular formula is C19H20N6O2. The molecule has 0 bridgehead atoms. The van der Waals surface area contributed by atoms with E-state index in [0.717, 1.165) is 11.4 Å². The van der Waals surface area contributed by atoms with Crippen LogP contribution >= 0.6 is 0 Å². The van der Waals surface area contributed by atoms with E-state index in [1.54, 1.807) is 35.8 Å². The van der Waals surface area contributed by atoms with Crippen molar-refractivity contribution in [2.75, 3.05) is 13.1 Å². The fourth-order valence-corrected chi connectivity index (χ4v) is 3.28. The quantitative estimate of drug-likeness (QED) is 0.749. The third kappa shape index (κ3) is 3.85. The van der Waals surface area contributed by atoms with Crippen molar-refractivity contribution in [1.82, 2.24) is 29.9 Å². The van der Waals surface area contributed by atoms with Gasteiger partial charge >= 0.3 is 0 Å². The lowest BCUT2D eigenvalue weighted by atomic mass is 9.86. The number of hydrogen-bond acceptors (Lipinski definition) is 6. The molecule has 0 unspecified atom stereocenters. The molecule has 0 aromatic carbocycles. The molecule has 4 rings (SSSR count). The molecule has 0 radical (unpaired) electrons. The van der Waals surface area contributed by atoms with E-state index < -0.39 is 5.60 Å². The third-order valence-corrected chi connectivity index (χ3v) is 4.84. The van der Waals surface area contributed by atoms with E-state index in [1.165, 1.54) is 4.68 Å². The van der Waals surface area contributed by atoms with Gasteiger partial charge in [-0.25, -0.2) is 4.68 Å². The fourth-order valence-electron chi connectivity index (χ4n) is 3.28. The van der Waals surface area contributed by atoms with Crippen molar-refractivity contribution in [3.05, 3.63) is 66.5 Å². The molecule has 1 amide bonds. The SMILES string of the molecule is O=C(c1cn(-c2cccnc2)nn1)N1CCC(O)(Cc2ccccn2)CC1. The van der Waals surface area contributed by atoms with Crippen LogP contribution in [0.4, 0.5) is 0 Å². The molecule has 8 heteroatoms. The van der Waals surface area contributed by atoms with Gasteiger partial charge in [-0.2, -0.15) is 0 Å². The highest BCUT2D eigenvalue weighted by Crippen LogP contribution is 2.26. The van der Waals surface area contributed by atoms with Crippen molar-refractivity contribution in [3.63, 3.8) is 0 Å². The average Bonchev–Trinajstić information content (AvgIpc) is 3.19. The topological polar surface area (TPSA) is 97.0 Å². The van der Waals surface area contributed by atoms with Gasteiger partial charge in [0.1, 0.15) is 0 Å². The van der Waals surface area contributed by atoms with Crippen molar-refractivity contribution in [2.45, 2.75) is 24.9 Å². The maximum Gasteiger partial charge on any atom is 0.276 e. The summed E-state index contributed by atoms with van der Waals surface area (Å²) in [5.74, 6) is -0.176. The zero-order valence-electron chi connectivity index (χ0n) is 14.8. The van der Waals surface area contributed by atoms with Gasteiger partial charge in [0.2, 0.25) is 0 Å². The van der Waals surface area contributed by atoms with Crippen molar-refractivity contribution in [1.29, 1.82) is 0 Å². The molecule has 4 heterocycles. The summed E-state index contributed by atoms with van der Waals surface area (Å²) >= 11 is 0. The van der Waals surface area contributed by atoms with E-state index in [-0.39, 0.29) is 11.6 Å². The van der Waals surface area contributed by atoms with Gasteiger partial charge in [-0.15, -0.1) is 5.10 Å². The van der Waals surface area contributed by atoms with Crippen LogP contribution in [0.2, 0.25) is 0 Å². The Labute approximate surface area is 156 Å². The Hall–Kier alpha value is -3.13. The number of piperidine rings is 1. The van der Waals surface area contributed by atoms with Crippen LogP contribution in [0, 0.1) is 0 Å². The summed E-state index contributed by atoms with van der Waals surface area (Å²) in [5.41, 5.74) is 1.05. The number of hydrogen-bond donors (Lipinski definition) is 1. The first-order valence-electron chi connectivity index (χ1n) is 8.87. The number of pyridine rings is 2. The second-order valence-corrected chi connectivity index (χ2v) is 6.77. The van der Waals surface area contributed by atoms with E-state index in [1.807, 2.05) is 24.3 Å². The molecule has 0 saturated carbocycles. The summed E-state index contributed by atoms with van der Waals surface area (Å²) in [6.45, 7) is 0.948. The first kappa shape index (κ1) is 17.3. The summed E-state index contributed by atoms with van der Waals surface area (Å²) in [5, 5.41) is 18.8. The Kier molecular flexibility index (Phi) is 4.64. The Bertz CT molecular complexity index is 904. The zero-order chi connectivity index (χ0) is 18.7. The number of aromatic nitrogens is 5. The molecule has 1 fully saturated rings. The molecule has 1 N–H and O–H groups in total. The van der Waals surface area contributed by atoms with Crippen molar-refractivity contribution >= 4 is 5.91 Å². The van der Waals surface area contributed by atoms with E-state index in [2.05, 4.69) is 20.3 Å². The molecule has 1 aliphatic heterocycles. The van der Waals surface area contributed by atoms with Crippen LogP contribution in [0.25, 0.3) is 5.69 Å². The number of likely N-dealkylation sites (tertiary alicyclic amines) is 1. The van der Waals surface area contributed by atoms with Gasteiger partial charge in [0.25, 0.3) is 5.91 Å². The van der Waals surface area contributed by atoms with Crippen LogP contribution in [0.15, 0.2) is 55.1 Å². The van der Waals surface area contributed by atoms with Gasteiger partial charge in [0.05, 0.1) is 23.7 Å². The lowest BCUT2D eigenvalue weighted by Crippen LogP contribution is -2.48. The Morgan fingerprint density at radius 3 is 2.70 bits per heavy atom. The van der Waals surface area contributed by atoms with E-state index in [0.29, 0.717) is 32.4 Å². The highest BCUT2D eigenvalue weighted by Gasteiger charge is 2.35. The summed E-state index contributed by atoms with van der Waals surface area (Å²) in [7, 11) is 0. The van der Waals surface area contributed by atoms with Crippen molar-refractivity contribution in [3.8, 4) is 5.69 Å². The fraction of sp³-hybridized carbons (Fsp3) is 0.316. The Morgan fingerprint density at radius 1 is 1.15 bits per heavy atom. The monoisotopic (exact) mass is 364 g/mol. The summed E-state index contributed by atoms with van der Waals surface area (Å²) < 4.78 is 1.53. The smallest absolute Gasteiger partial charge is 0.276 e. The minimum atomic E-state index is -0.835. The molecule has 1 saturated heterocycles. The van der Waals surface area contributed by atoms with Crippen molar-refractivity contribution in [2.24, 2.45) is 0 Å². The third-order valence-electron chi connectivity index (χ3n) is 4.84. The van der Waals surface area contributed by atoms with E-state index in [4.69, 9.17) is 0 Å². The van der Waals surface area contributed by atoms with E-state index >= 15 is 0 Å². The van der Waals surface area contributed by atoms with Gasteiger partial charge in [0.15, 0.2) is 5.69 Å². The molecule has 3 aromatic rings. The average molecular weight is 364 g/mol. The Morgan fingerprint density at radius 2 is 2.00 bits per heavy atom. The molecule has 1 aliphatic rings. The van der Waals surface area contributed by atoms with Crippen LogP contribution in [0.3, 0.4) is 0 Å². The number of aliphatic hydroxyl groups is 1. The largest absolute Gasteiger partial charge is 0.389 e. The maximum absolute atomic E-state index is 12.7. The van der Waals surface area contributed by atoms with Crippen molar-refractivity contribution < 1.29 is 9.90 Å². The number of amides is 1. The standard InChI is InChI=1S/C19H20N6O2/c26-18(17-14-25(23-22-17)16-5-3-8-20-13-16)24-10-6-19(27,7-11-24)12-15-4-1-2-9-21-15/h1-5,8-9,13-14,27H,6-7,10-12H2. The van der Waals surface area contributed by atoms with Gasteiger partial charge < -0.3 is 10.0 Å². The molecule has 3 aromatic heterocycles. The van der Waals surface area contributed by atoms with Crippen LogP contribution in [-0.4, -0.2) is 59.6 Å². The molecule has 138 valence electrons. The first-order valence-corrected chi connectivity index (χ1v) is 8.87. The van der Waals surface area contributed by atoms with Crippen LogP contribution in [0.1, 0.15) is 29.0 Å². The molecule has 0 aliphatic carbocycles. The minimum Gasteiger partial charge on any atom is -0.389 e. The minimum absolute atomic E-state index is 0.176. The molecular weight excluding hydrogens is 344 g/mol. The lowest BCUT2D eigenvalue weighted by molar-refractivity contribution is -0.0170. The maximum atomic E-state index is 12.7. The number of nitrogens with zero attached hydrogens (tertiary/aromatic N) is 6. The predicted octanol–water partition coefficient (Wildman–Crippen LogP) is 1.27. The predicted molar refractivity (Wildman–Crippen MR) is 97.2 cm³/mol. The van der Waals surface area contributed by atoms with E-state index in [9.17, 15) is 9.90 Å². The second kappa shape index (κ2) is 7.24. The molecule has 0 spiro atoms. The summed E-state index contributed by atoms with van der Waals surface area (Å²) in [6.07, 6.45) is 8.16. The van der Waals surface area contributed by atoms with Gasteiger partial charge in [-0.05, 0) is 37.1 Å². The number of carbonyl (C=O) groups is 1. The van der Waals surface area contributed by atoms with Gasteiger partial charge in [-0.1, -0.05) is 11.3 Å². The Balaban J connectivity index is 1.39. The van der Waals surface area contributed by atoms with Gasteiger partial charge in [-0.3, -0.25) is 14.8 Å².